The summed E-state index contributed by atoms with van der Waals surface area (Å²) in [6.45, 7) is 6.77. The fourth-order valence-corrected chi connectivity index (χ4v) is 3.53. The van der Waals surface area contributed by atoms with Gasteiger partial charge in [-0.1, -0.05) is 38.1 Å². The number of aliphatic hydroxyl groups excluding tert-OH is 1. The van der Waals surface area contributed by atoms with Gasteiger partial charge in [0.05, 0.1) is 12.1 Å². The molecule has 134 valence electrons. The first-order chi connectivity index (χ1) is 11.4. The normalized spacial score (nSPS) is 17.6. The SMILES string of the molecule is CC(C)C(C(=O)NCC(O)CN1CCc2ccccc2C1)N(C)C. The van der Waals surface area contributed by atoms with Gasteiger partial charge in [0, 0.05) is 26.2 Å². The molecule has 0 aromatic heterocycles. The maximum Gasteiger partial charge on any atom is 0.237 e. The third-order valence-electron chi connectivity index (χ3n) is 4.65. The van der Waals surface area contributed by atoms with Gasteiger partial charge in [0.15, 0.2) is 0 Å². The van der Waals surface area contributed by atoms with E-state index in [-0.39, 0.29) is 17.9 Å². The topological polar surface area (TPSA) is 55.8 Å². The molecular weight excluding hydrogens is 302 g/mol. The van der Waals surface area contributed by atoms with E-state index in [1.54, 1.807) is 0 Å². The van der Waals surface area contributed by atoms with Gasteiger partial charge in [0.1, 0.15) is 0 Å². The van der Waals surface area contributed by atoms with Gasteiger partial charge >= 0.3 is 0 Å². The molecule has 2 unspecified atom stereocenters. The van der Waals surface area contributed by atoms with E-state index >= 15 is 0 Å². The van der Waals surface area contributed by atoms with Crippen LogP contribution in [-0.2, 0) is 17.8 Å². The van der Waals surface area contributed by atoms with Crippen molar-refractivity contribution in [2.75, 3.05) is 33.7 Å². The fraction of sp³-hybridized carbons (Fsp3) is 0.632. The number of likely N-dealkylation sites (N-methyl/N-ethyl adjacent to an activating group) is 1. The standard InChI is InChI=1S/C19H31N3O2/c1-14(2)18(21(3)4)19(24)20-11-17(23)13-22-10-9-15-7-5-6-8-16(15)12-22/h5-8,14,17-18,23H,9-13H2,1-4H3,(H,20,24). The molecule has 1 aliphatic heterocycles. The molecular formula is C19H31N3O2. The molecule has 0 spiro atoms. The summed E-state index contributed by atoms with van der Waals surface area (Å²) in [5.74, 6) is 0.216. The number of β-amino-alcohol motifs (C(OH)–C–C–N with tert-alkyl or cyclic N) is 1. The lowest BCUT2D eigenvalue weighted by Crippen LogP contribution is -2.49. The third-order valence-corrected chi connectivity index (χ3v) is 4.65. The van der Waals surface area contributed by atoms with Crippen molar-refractivity contribution in [1.29, 1.82) is 0 Å². The van der Waals surface area contributed by atoms with Gasteiger partial charge in [-0.3, -0.25) is 14.6 Å². The molecule has 2 N–H and O–H groups in total. The Bertz CT molecular complexity index is 537. The Labute approximate surface area is 145 Å². The zero-order valence-corrected chi connectivity index (χ0v) is 15.3. The number of rotatable bonds is 7. The van der Waals surface area contributed by atoms with Crippen LogP contribution in [0.5, 0.6) is 0 Å². The summed E-state index contributed by atoms with van der Waals surface area (Å²) < 4.78 is 0. The average molecular weight is 333 g/mol. The summed E-state index contributed by atoms with van der Waals surface area (Å²) in [6.07, 6.45) is 0.472. The Kier molecular flexibility index (Phi) is 6.78. The number of nitrogens with one attached hydrogen (secondary N) is 1. The minimum Gasteiger partial charge on any atom is -0.390 e. The van der Waals surface area contributed by atoms with Crippen molar-refractivity contribution in [3.05, 3.63) is 35.4 Å². The van der Waals surface area contributed by atoms with E-state index < -0.39 is 6.10 Å². The van der Waals surface area contributed by atoms with Crippen LogP contribution in [0.1, 0.15) is 25.0 Å². The Hall–Kier alpha value is -1.43. The van der Waals surface area contributed by atoms with Gasteiger partial charge in [-0.15, -0.1) is 0 Å². The molecule has 0 saturated carbocycles. The van der Waals surface area contributed by atoms with Crippen molar-refractivity contribution in [3.63, 3.8) is 0 Å². The quantitative estimate of drug-likeness (QED) is 0.785. The largest absolute Gasteiger partial charge is 0.390 e. The van der Waals surface area contributed by atoms with Crippen LogP contribution < -0.4 is 5.32 Å². The highest BCUT2D eigenvalue weighted by atomic mass is 16.3. The molecule has 1 amide bonds. The molecule has 2 atom stereocenters. The minimum atomic E-state index is -0.547. The number of benzene rings is 1. The first kappa shape index (κ1) is 18.9. The number of carbonyl (C=O) groups excluding carboxylic acids is 1. The summed E-state index contributed by atoms with van der Waals surface area (Å²) in [5.41, 5.74) is 2.75. The molecule has 1 heterocycles. The smallest absolute Gasteiger partial charge is 0.237 e. The Balaban J connectivity index is 1.80. The van der Waals surface area contributed by atoms with E-state index in [9.17, 15) is 9.90 Å². The predicted octanol–water partition coefficient (Wildman–Crippen LogP) is 1.11. The Morgan fingerprint density at radius 2 is 1.96 bits per heavy atom. The summed E-state index contributed by atoms with van der Waals surface area (Å²) >= 11 is 0. The molecule has 0 saturated heterocycles. The van der Waals surface area contributed by atoms with Crippen molar-refractivity contribution in [1.82, 2.24) is 15.1 Å². The molecule has 1 aromatic carbocycles. The van der Waals surface area contributed by atoms with E-state index in [0.717, 1.165) is 19.5 Å². The number of carbonyl (C=O) groups is 1. The second-order valence-corrected chi connectivity index (χ2v) is 7.31. The second-order valence-electron chi connectivity index (χ2n) is 7.31. The number of amides is 1. The molecule has 1 aliphatic rings. The summed E-state index contributed by atoms with van der Waals surface area (Å²) in [4.78, 5) is 16.5. The van der Waals surface area contributed by atoms with Crippen LogP contribution in [0.2, 0.25) is 0 Å². The third kappa shape index (κ3) is 5.03. The van der Waals surface area contributed by atoms with E-state index in [1.165, 1.54) is 11.1 Å². The van der Waals surface area contributed by atoms with Crippen LogP contribution in [0.4, 0.5) is 0 Å². The zero-order valence-electron chi connectivity index (χ0n) is 15.3. The lowest BCUT2D eigenvalue weighted by Gasteiger charge is -2.31. The van der Waals surface area contributed by atoms with E-state index in [1.807, 2.05) is 32.8 Å². The second kappa shape index (κ2) is 8.60. The van der Waals surface area contributed by atoms with Crippen LogP contribution in [0.15, 0.2) is 24.3 Å². The van der Waals surface area contributed by atoms with Gasteiger partial charge in [0.2, 0.25) is 5.91 Å². The van der Waals surface area contributed by atoms with Crippen LogP contribution in [-0.4, -0.2) is 66.7 Å². The van der Waals surface area contributed by atoms with Crippen molar-refractivity contribution in [3.8, 4) is 0 Å². The molecule has 1 aromatic rings. The summed E-state index contributed by atoms with van der Waals surface area (Å²) in [7, 11) is 3.82. The average Bonchev–Trinajstić information content (AvgIpc) is 2.52. The van der Waals surface area contributed by atoms with Gasteiger partial charge in [-0.2, -0.15) is 0 Å². The lowest BCUT2D eigenvalue weighted by atomic mass is 10.00. The Morgan fingerprint density at radius 3 is 2.58 bits per heavy atom. The maximum atomic E-state index is 12.3. The van der Waals surface area contributed by atoms with Gasteiger partial charge < -0.3 is 10.4 Å². The molecule has 5 nitrogen and oxygen atoms in total. The van der Waals surface area contributed by atoms with Crippen molar-refractivity contribution in [2.24, 2.45) is 5.92 Å². The maximum absolute atomic E-state index is 12.3. The van der Waals surface area contributed by atoms with Crippen LogP contribution in [0, 0.1) is 5.92 Å². The van der Waals surface area contributed by atoms with Gasteiger partial charge in [0.25, 0.3) is 0 Å². The monoisotopic (exact) mass is 333 g/mol. The molecule has 0 bridgehead atoms. The van der Waals surface area contributed by atoms with Crippen molar-refractivity contribution < 1.29 is 9.90 Å². The first-order valence-corrected chi connectivity index (χ1v) is 8.79. The highest BCUT2D eigenvalue weighted by Gasteiger charge is 2.25. The van der Waals surface area contributed by atoms with E-state index in [0.29, 0.717) is 13.1 Å². The first-order valence-electron chi connectivity index (χ1n) is 8.79. The van der Waals surface area contributed by atoms with Crippen molar-refractivity contribution in [2.45, 2.75) is 39.0 Å². The minimum absolute atomic E-state index is 0.0157. The summed E-state index contributed by atoms with van der Waals surface area (Å²) in [6, 6.07) is 8.30. The highest BCUT2D eigenvalue weighted by Crippen LogP contribution is 2.18. The summed E-state index contributed by atoms with van der Waals surface area (Å²) in [5, 5.41) is 13.2. The fourth-order valence-electron chi connectivity index (χ4n) is 3.53. The number of aliphatic hydroxyl groups is 1. The molecule has 0 fully saturated rings. The molecule has 2 rings (SSSR count). The van der Waals surface area contributed by atoms with Crippen LogP contribution in [0.3, 0.4) is 0 Å². The zero-order chi connectivity index (χ0) is 17.7. The molecule has 0 radical (unpaired) electrons. The molecule has 24 heavy (non-hydrogen) atoms. The number of hydrogen-bond acceptors (Lipinski definition) is 4. The van der Waals surface area contributed by atoms with Crippen LogP contribution in [0.25, 0.3) is 0 Å². The number of nitrogens with zero attached hydrogens (tertiary/aromatic N) is 2. The number of hydrogen-bond donors (Lipinski definition) is 2. The Morgan fingerprint density at radius 1 is 1.29 bits per heavy atom. The van der Waals surface area contributed by atoms with Crippen LogP contribution >= 0.6 is 0 Å². The van der Waals surface area contributed by atoms with E-state index in [4.69, 9.17) is 0 Å². The molecule has 5 heteroatoms. The van der Waals surface area contributed by atoms with E-state index in [2.05, 4.69) is 34.5 Å². The van der Waals surface area contributed by atoms with Crippen molar-refractivity contribution >= 4 is 5.91 Å². The highest BCUT2D eigenvalue weighted by molar-refractivity contribution is 5.81. The predicted molar refractivity (Wildman–Crippen MR) is 96.8 cm³/mol. The molecule has 0 aliphatic carbocycles. The number of fused-ring (bicyclic) bond motifs is 1. The van der Waals surface area contributed by atoms with Gasteiger partial charge in [-0.05, 0) is 37.6 Å². The lowest BCUT2D eigenvalue weighted by molar-refractivity contribution is -0.127. The van der Waals surface area contributed by atoms with Gasteiger partial charge in [-0.25, -0.2) is 0 Å².